The number of fused-ring (bicyclic) bond motifs is 10. The smallest absolute Gasteiger partial charge is 0.252 e. The predicted molar refractivity (Wildman–Crippen MR) is 439 cm³/mol. The van der Waals surface area contributed by atoms with Crippen LogP contribution >= 0.6 is 0 Å². The van der Waals surface area contributed by atoms with Crippen molar-refractivity contribution >= 4 is 66.7 Å². The minimum Gasteiger partial charge on any atom is -0.310 e. The molecule has 0 saturated carbocycles. The molecule has 4 nitrogen and oxygen atoms in total. The summed E-state index contributed by atoms with van der Waals surface area (Å²) in [6.45, 7) is 28.5. The van der Waals surface area contributed by atoms with Gasteiger partial charge < -0.3 is 9.13 Å². The van der Waals surface area contributed by atoms with Gasteiger partial charge in [-0.3, -0.25) is 0 Å². The molecular weight excluding hydrogens is 1240 g/mol. The number of rotatable bonds is 9. The van der Waals surface area contributed by atoms with Crippen molar-refractivity contribution in [2.45, 2.75) is 105 Å². The molecule has 18 rings (SSSR count). The van der Waals surface area contributed by atoms with Crippen molar-refractivity contribution in [3.63, 3.8) is 0 Å². The van der Waals surface area contributed by atoms with Crippen LogP contribution in [0.1, 0.15) is 105 Å². The van der Waals surface area contributed by atoms with E-state index in [0.29, 0.717) is 5.82 Å². The molecule has 0 aliphatic carbocycles. The van der Waals surface area contributed by atoms with E-state index in [4.69, 9.17) is 9.97 Å². The molecule has 13 aromatic carbocycles. The molecule has 0 unspecified atom stereocenters. The Balaban J connectivity index is 1.03. The Hall–Kier alpha value is -11.4. The number of hydrogen-bond donors (Lipinski definition) is 0. The number of nitrogens with zero attached hydrogens (tertiary/aromatic N) is 4. The second-order valence-corrected chi connectivity index (χ2v) is 33.0. The van der Waals surface area contributed by atoms with Crippen LogP contribution in [0, 0.1) is 0 Å². The number of benzene rings is 13. The standard InChI is InChI=1S/C98H83BN4/c1-95(2,3)75-55-79(97(7,8)9)89-77-49-70(64-39-27-17-28-40-64)51-81-92(77)102(85(89)57-75)87-53-73(54-88-91(87)99(81)82-52-71(65-41-29-18-30-42-65)50-78-90-80(98(10,11)12)56-76(96(4,5)6)58-86(90)103(88)93(78)82)84-59-83(72-45-66(60-31-19-13-20-32-60)43-67(46-72)61-33-21-14-22-34-61)100-94(101-84)74-47-68(62-35-23-15-24-36-62)44-69(48-74)63-37-25-16-26-38-63/h13-59H,1-12H3. The molecule has 0 spiro atoms. The highest BCUT2D eigenvalue weighted by Gasteiger charge is 2.44. The van der Waals surface area contributed by atoms with Gasteiger partial charge in [-0.05, 0) is 206 Å². The molecule has 0 N–H and O–H groups in total. The molecule has 0 fully saturated rings. The lowest BCUT2D eigenvalue weighted by Gasteiger charge is -2.35. The van der Waals surface area contributed by atoms with E-state index in [0.717, 1.165) is 84.0 Å². The van der Waals surface area contributed by atoms with E-state index in [1.54, 1.807) is 0 Å². The summed E-state index contributed by atoms with van der Waals surface area (Å²) in [7, 11) is 0. The van der Waals surface area contributed by atoms with Crippen LogP contribution in [0.2, 0.25) is 0 Å². The summed E-state index contributed by atoms with van der Waals surface area (Å²) in [5, 5.41) is 5.15. The zero-order valence-corrected chi connectivity index (χ0v) is 61.0. The van der Waals surface area contributed by atoms with Gasteiger partial charge in [-0.15, -0.1) is 0 Å². The molecule has 2 aliphatic heterocycles. The summed E-state index contributed by atoms with van der Waals surface area (Å²) in [6, 6.07) is 107. The molecule has 2 aliphatic rings. The molecule has 16 aromatic rings. The Morgan fingerprint density at radius 3 is 0.864 bits per heavy atom. The molecule has 3 aromatic heterocycles. The average Bonchev–Trinajstić information content (AvgIpc) is 1.53. The Kier molecular flexibility index (Phi) is 14.6. The van der Waals surface area contributed by atoms with Gasteiger partial charge in [0.25, 0.3) is 6.71 Å². The molecule has 0 atom stereocenters. The molecule has 5 heteroatoms. The minimum atomic E-state index is -0.216. The first kappa shape index (κ1) is 63.8. The van der Waals surface area contributed by atoms with E-state index in [1.165, 1.54) is 105 Å². The number of aromatic nitrogens is 4. The summed E-state index contributed by atoms with van der Waals surface area (Å²) in [4.78, 5) is 11.9. The first-order valence-electron chi connectivity index (χ1n) is 36.6. The van der Waals surface area contributed by atoms with Gasteiger partial charge in [0.15, 0.2) is 5.82 Å². The molecule has 0 amide bonds. The highest BCUT2D eigenvalue weighted by atomic mass is 15.0. The molecule has 0 saturated heterocycles. The summed E-state index contributed by atoms with van der Waals surface area (Å²) >= 11 is 0. The maximum absolute atomic E-state index is 6.02. The SMILES string of the molecule is CC(C)(C)c1cc(C(C)(C)C)c2c3cc(-c4ccccc4)cc4c3n(c2c1)-c1cc(-c2cc(-c3cc(-c5ccccc5)cc(-c5ccccc5)c3)nc(-c3cc(-c5ccccc5)cc(-c5ccccc5)c3)n2)cc2c1B4c1cc(-c3ccccc3)cc3c4c(C(C)(C)C)cc(C(C)(C)C)cc4n-2c13. The van der Waals surface area contributed by atoms with Crippen LogP contribution in [-0.4, -0.2) is 25.8 Å². The fourth-order valence-electron chi connectivity index (χ4n) is 16.7. The Labute approximate surface area is 606 Å². The highest BCUT2D eigenvalue weighted by molar-refractivity contribution is 7.00. The van der Waals surface area contributed by atoms with Gasteiger partial charge in [-0.2, -0.15) is 0 Å². The third-order valence-corrected chi connectivity index (χ3v) is 21.9. The van der Waals surface area contributed by atoms with Crippen LogP contribution in [0.4, 0.5) is 0 Å². The second-order valence-electron chi connectivity index (χ2n) is 33.0. The molecule has 498 valence electrons. The van der Waals surface area contributed by atoms with E-state index in [2.05, 4.69) is 377 Å². The average molecular weight is 1330 g/mol. The van der Waals surface area contributed by atoms with Crippen molar-refractivity contribution < 1.29 is 0 Å². The van der Waals surface area contributed by atoms with Crippen LogP contribution in [0.3, 0.4) is 0 Å². The first-order chi connectivity index (χ1) is 49.6. The van der Waals surface area contributed by atoms with Gasteiger partial charge in [0.05, 0.1) is 22.4 Å². The largest absolute Gasteiger partial charge is 0.310 e. The summed E-state index contributed by atoms with van der Waals surface area (Å²) in [5.41, 5.74) is 34.1. The number of hydrogen-bond acceptors (Lipinski definition) is 2. The van der Waals surface area contributed by atoms with Gasteiger partial charge in [0, 0.05) is 60.6 Å². The van der Waals surface area contributed by atoms with Crippen molar-refractivity contribution in [3.05, 3.63) is 307 Å². The fraction of sp³-hybridized carbons (Fsp3) is 0.163. The van der Waals surface area contributed by atoms with Crippen LogP contribution < -0.4 is 16.4 Å². The van der Waals surface area contributed by atoms with Crippen molar-refractivity contribution in [2.24, 2.45) is 0 Å². The third-order valence-electron chi connectivity index (χ3n) is 21.9. The highest BCUT2D eigenvalue weighted by Crippen LogP contribution is 2.49. The monoisotopic (exact) mass is 1330 g/mol. The normalized spacial score (nSPS) is 12.8. The van der Waals surface area contributed by atoms with E-state index >= 15 is 0 Å². The summed E-state index contributed by atoms with van der Waals surface area (Å²) in [6.07, 6.45) is 0. The maximum Gasteiger partial charge on any atom is 0.252 e. The minimum absolute atomic E-state index is 0.163. The van der Waals surface area contributed by atoms with E-state index in [1.807, 2.05) is 0 Å². The van der Waals surface area contributed by atoms with E-state index in [9.17, 15) is 0 Å². The Morgan fingerprint density at radius 2 is 0.553 bits per heavy atom. The second kappa shape index (κ2) is 23.6. The molecule has 103 heavy (non-hydrogen) atoms. The summed E-state index contributed by atoms with van der Waals surface area (Å²) in [5.74, 6) is 0.646. The van der Waals surface area contributed by atoms with E-state index < -0.39 is 0 Å². The predicted octanol–water partition coefficient (Wildman–Crippen LogP) is 24.0. The lowest BCUT2D eigenvalue weighted by molar-refractivity contribution is 0.572. The van der Waals surface area contributed by atoms with Crippen molar-refractivity contribution in [3.8, 4) is 112 Å². The van der Waals surface area contributed by atoms with E-state index in [-0.39, 0.29) is 28.4 Å². The van der Waals surface area contributed by atoms with Gasteiger partial charge in [0.1, 0.15) is 0 Å². The first-order valence-corrected chi connectivity index (χ1v) is 36.6. The van der Waals surface area contributed by atoms with Gasteiger partial charge in [-0.1, -0.05) is 289 Å². The summed E-state index contributed by atoms with van der Waals surface area (Å²) < 4.78 is 5.42. The lowest BCUT2D eigenvalue weighted by Crippen LogP contribution is -2.59. The van der Waals surface area contributed by atoms with Crippen LogP contribution in [0.15, 0.2) is 285 Å². The van der Waals surface area contributed by atoms with Crippen molar-refractivity contribution in [1.29, 1.82) is 0 Å². The zero-order chi connectivity index (χ0) is 70.6. The van der Waals surface area contributed by atoms with Gasteiger partial charge in [-0.25, -0.2) is 9.97 Å². The maximum atomic E-state index is 6.02. The van der Waals surface area contributed by atoms with Crippen LogP contribution in [-0.2, 0) is 21.7 Å². The molecule has 0 radical (unpaired) electrons. The lowest BCUT2D eigenvalue weighted by atomic mass is 9.34. The van der Waals surface area contributed by atoms with Crippen molar-refractivity contribution in [1.82, 2.24) is 19.1 Å². The third kappa shape index (κ3) is 10.8. The molecular formula is C98H83BN4. The van der Waals surface area contributed by atoms with Gasteiger partial charge >= 0.3 is 0 Å². The van der Waals surface area contributed by atoms with Crippen LogP contribution in [0.25, 0.3) is 156 Å². The quantitative estimate of drug-likeness (QED) is 0.135. The van der Waals surface area contributed by atoms with Crippen molar-refractivity contribution in [2.75, 3.05) is 0 Å². The Bertz CT molecular complexity index is 5610. The fourth-order valence-corrected chi connectivity index (χ4v) is 16.7. The zero-order valence-electron chi connectivity index (χ0n) is 61.0. The van der Waals surface area contributed by atoms with Gasteiger partial charge in [0.2, 0.25) is 0 Å². The Morgan fingerprint density at radius 1 is 0.262 bits per heavy atom. The molecule has 5 heterocycles. The molecule has 0 bridgehead atoms. The topological polar surface area (TPSA) is 35.6 Å². The van der Waals surface area contributed by atoms with Crippen LogP contribution in [0.5, 0.6) is 0 Å².